The largest absolute Gasteiger partial charge is 0.507 e. The summed E-state index contributed by atoms with van der Waals surface area (Å²) in [6, 6.07) is 3.53. The molecule has 1 amide bonds. The van der Waals surface area contributed by atoms with E-state index in [4.69, 9.17) is 5.11 Å². The Bertz CT molecular complexity index is 561. The van der Waals surface area contributed by atoms with Gasteiger partial charge in [0.2, 0.25) is 5.54 Å². The molecular formula is C11H9BrF3NO4. The van der Waals surface area contributed by atoms with Gasteiger partial charge in [-0.3, -0.25) is 4.79 Å². The molecule has 1 atom stereocenters. The van der Waals surface area contributed by atoms with Crippen molar-refractivity contribution in [1.82, 2.24) is 5.32 Å². The minimum atomic E-state index is -5.20. The second-order valence-corrected chi connectivity index (χ2v) is 4.96. The molecule has 0 saturated carbocycles. The standard InChI is InChI=1S/C11H9BrF3NO4/c1-10(9(19)20,11(13,14)15)16-8(18)6-4-5(12)2-3-7(6)17/h2-4,17H,1H3,(H,16,18)(H,19,20). The van der Waals surface area contributed by atoms with Crippen molar-refractivity contribution in [2.24, 2.45) is 0 Å². The van der Waals surface area contributed by atoms with Crippen LogP contribution in [0.15, 0.2) is 22.7 Å². The molecule has 0 saturated heterocycles. The highest BCUT2D eigenvalue weighted by atomic mass is 79.9. The fourth-order valence-corrected chi connectivity index (χ4v) is 1.59. The molecule has 9 heteroatoms. The Morgan fingerprint density at radius 3 is 2.30 bits per heavy atom. The van der Waals surface area contributed by atoms with E-state index in [1.54, 1.807) is 0 Å². The Morgan fingerprint density at radius 2 is 1.85 bits per heavy atom. The van der Waals surface area contributed by atoms with Crippen LogP contribution in [0.25, 0.3) is 0 Å². The molecule has 20 heavy (non-hydrogen) atoms. The molecule has 3 N–H and O–H groups in total. The molecule has 0 radical (unpaired) electrons. The monoisotopic (exact) mass is 355 g/mol. The van der Waals surface area contributed by atoms with E-state index >= 15 is 0 Å². The first-order chi connectivity index (χ1) is 8.99. The topological polar surface area (TPSA) is 86.6 Å². The maximum absolute atomic E-state index is 12.7. The number of aliphatic carboxylic acids is 1. The molecule has 0 heterocycles. The molecule has 0 aliphatic carbocycles. The number of nitrogens with one attached hydrogen (secondary N) is 1. The van der Waals surface area contributed by atoms with Gasteiger partial charge >= 0.3 is 12.1 Å². The third kappa shape index (κ3) is 3.03. The number of carbonyl (C=O) groups is 2. The van der Waals surface area contributed by atoms with Gasteiger partial charge in [0.1, 0.15) is 5.75 Å². The van der Waals surface area contributed by atoms with Crippen LogP contribution in [0.5, 0.6) is 5.75 Å². The normalized spacial score (nSPS) is 14.4. The lowest BCUT2D eigenvalue weighted by Crippen LogP contribution is -2.61. The van der Waals surface area contributed by atoms with Crippen LogP contribution in [-0.2, 0) is 4.79 Å². The maximum atomic E-state index is 12.7. The van der Waals surface area contributed by atoms with Gasteiger partial charge in [0.05, 0.1) is 5.56 Å². The molecular weight excluding hydrogens is 347 g/mol. The lowest BCUT2D eigenvalue weighted by atomic mass is 10.0. The number of benzene rings is 1. The third-order valence-corrected chi connectivity index (χ3v) is 3.05. The van der Waals surface area contributed by atoms with Crippen molar-refractivity contribution in [3.05, 3.63) is 28.2 Å². The SMILES string of the molecule is CC(NC(=O)c1cc(Br)ccc1O)(C(=O)O)C(F)(F)F. The van der Waals surface area contributed by atoms with E-state index in [1.165, 1.54) is 11.4 Å². The van der Waals surface area contributed by atoms with Gasteiger partial charge in [-0.15, -0.1) is 0 Å². The number of phenols is 1. The molecule has 1 rings (SSSR count). The molecule has 1 aromatic carbocycles. The number of hydrogen-bond acceptors (Lipinski definition) is 3. The highest BCUT2D eigenvalue weighted by Crippen LogP contribution is 2.31. The lowest BCUT2D eigenvalue weighted by Gasteiger charge is -2.28. The summed E-state index contributed by atoms with van der Waals surface area (Å²) in [7, 11) is 0. The van der Waals surface area contributed by atoms with Gasteiger partial charge in [0, 0.05) is 4.47 Å². The number of hydrogen-bond donors (Lipinski definition) is 3. The van der Waals surface area contributed by atoms with E-state index in [2.05, 4.69) is 15.9 Å². The van der Waals surface area contributed by atoms with Crippen LogP contribution >= 0.6 is 15.9 Å². The van der Waals surface area contributed by atoms with Crippen molar-refractivity contribution in [2.75, 3.05) is 0 Å². The van der Waals surface area contributed by atoms with Gasteiger partial charge in [-0.1, -0.05) is 15.9 Å². The first-order valence-electron chi connectivity index (χ1n) is 5.10. The predicted molar refractivity (Wildman–Crippen MR) is 65.4 cm³/mol. The number of carbonyl (C=O) groups excluding carboxylic acids is 1. The number of phenolic OH excluding ortho intramolecular Hbond substituents is 1. The minimum Gasteiger partial charge on any atom is -0.507 e. The third-order valence-electron chi connectivity index (χ3n) is 2.56. The maximum Gasteiger partial charge on any atom is 0.422 e. The molecule has 1 aromatic rings. The van der Waals surface area contributed by atoms with Crippen LogP contribution in [0.3, 0.4) is 0 Å². The molecule has 0 spiro atoms. The van der Waals surface area contributed by atoms with Gasteiger partial charge in [0.15, 0.2) is 0 Å². The molecule has 1 unspecified atom stereocenters. The zero-order chi connectivity index (χ0) is 15.7. The minimum absolute atomic E-state index is 0.322. The number of halogens is 4. The summed E-state index contributed by atoms with van der Waals surface area (Å²) in [5.74, 6) is -4.18. The summed E-state index contributed by atoms with van der Waals surface area (Å²) >= 11 is 2.98. The summed E-state index contributed by atoms with van der Waals surface area (Å²) in [6.45, 7) is 0.322. The van der Waals surface area contributed by atoms with Gasteiger partial charge in [-0.25, -0.2) is 4.79 Å². The van der Waals surface area contributed by atoms with Crippen molar-refractivity contribution in [3.8, 4) is 5.75 Å². The van der Waals surface area contributed by atoms with Gasteiger partial charge in [-0.05, 0) is 25.1 Å². The van der Waals surface area contributed by atoms with E-state index in [0.29, 0.717) is 11.4 Å². The van der Waals surface area contributed by atoms with E-state index < -0.39 is 34.9 Å². The summed E-state index contributed by atoms with van der Waals surface area (Å²) in [5, 5.41) is 19.5. The van der Waals surface area contributed by atoms with E-state index in [0.717, 1.165) is 12.1 Å². The Labute approximate surface area is 119 Å². The van der Waals surface area contributed by atoms with Gasteiger partial charge in [-0.2, -0.15) is 13.2 Å². The van der Waals surface area contributed by atoms with Crippen LogP contribution < -0.4 is 5.32 Å². The highest BCUT2D eigenvalue weighted by molar-refractivity contribution is 9.10. The zero-order valence-corrected chi connectivity index (χ0v) is 11.5. The van der Waals surface area contributed by atoms with Crippen LogP contribution in [-0.4, -0.2) is 33.8 Å². The zero-order valence-electron chi connectivity index (χ0n) is 9.95. The van der Waals surface area contributed by atoms with E-state index in [-0.39, 0.29) is 0 Å². The number of carboxylic acids is 1. The fraction of sp³-hybridized carbons (Fsp3) is 0.273. The summed E-state index contributed by atoms with van der Waals surface area (Å²) in [5.41, 5.74) is -3.94. The first-order valence-corrected chi connectivity index (χ1v) is 5.89. The molecule has 5 nitrogen and oxygen atoms in total. The van der Waals surface area contributed by atoms with Crippen LogP contribution in [0.1, 0.15) is 17.3 Å². The number of alkyl halides is 3. The first kappa shape index (κ1) is 16.3. The summed E-state index contributed by atoms with van der Waals surface area (Å²) in [4.78, 5) is 22.5. The summed E-state index contributed by atoms with van der Waals surface area (Å²) < 4.78 is 38.6. The lowest BCUT2D eigenvalue weighted by molar-refractivity contribution is -0.203. The van der Waals surface area contributed by atoms with Crippen molar-refractivity contribution >= 4 is 27.8 Å². The van der Waals surface area contributed by atoms with Crippen LogP contribution in [0, 0.1) is 0 Å². The van der Waals surface area contributed by atoms with E-state index in [9.17, 15) is 27.9 Å². The number of carboxylic acid groups (broad SMARTS) is 1. The van der Waals surface area contributed by atoms with Crippen molar-refractivity contribution < 1.29 is 33.0 Å². The number of aromatic hydroxyl groups is 1. The van der Waals surface area contributed by atoms with Crippen LogP contribution in [0.4, 0.5) is 13.2 Å². The van der Waals surface area contributed by atoms with Crippen molar-refractivity contribution in [2.45, 2.75) is 18.6 Å². The van der Waals surface area contributed by atoms with Crippen molar-refractivity contribution in [1.29, 1.82) is 0 Å². The Hall–Kier alpha value is -1.77. The number of rotatable bonds is 3. The Morgan fingerprint density at radius 1 is 1.30 bits per heavy atom. The smallest absolute Gasteiger partial charge is 0.422 e. The van der Waals surface area contributed by atoms with Gasteiger partial charge < -0.3 is 15.5 Å². The molecule has 0 fully saturated rings. The molecule has 0 aliphatic heterocycles. The molecule has 110 valence electrons. The molecule has 0 aromatic heterocycles. The predicted octanol–water partition coefficient (Wildman–Crippen LogP) is 2.29. The summed E-state index contributed by atoms with van der Waals surface area (Å²) in [6.07, 6.45) is -5.20. The van der Waals surface area contributed by atoms with Gasteiger partial charge in [0.25, 0.3) is 5.91 Å². The van der Waals surface area contributed by atoms with E-state index in [1.807, 2.05) is 0 Å². The quantitative estimate of drug-likeness (QED) is 0.776. The highest BCUT2D eigenvalue weighted by Gasteiger charge is 2.58. The second kappa shape index (κ2) is 5.31. The fourth-order valence-electron chi connectivity index (χ4n) is 1.23. The van der Waals surface area contributed by atoms with Crippen molar-refractivity contribution in [3.63, 3.8) is 0 Å². The Kier molecular flexibility index (Phi) is 4.33. The number of amides is 1. The second-order valence-electron chi connectivity index (χ2n) is 4.04. The average molecular weight is 356 g/mol. The average Bonchev–Trinajstić information content (AvgIpc) is 2.30. The molecule has 0 aliphatic rings. The Balaban J connectivity index is 3.16. The van der Waals surface area contributed by atoms with Crippen LogP contribution in [0.2, 0.25) is 0 Å². The molecule has 0 bridgehead atoms.